The Hall–Kier alpha value is -2.27. The van der Waals surface area contributed by atoms with Crippen LogP contribution in [0.5, 0.6) is 0 Å². The summed E-state index contributed by atoms with van der Waals surface area (Å²) >= 11 is 0. The van der Waals surface area contributed by atoms with Gasteiger partial charge < -0.3 is 19.5 Å². The molecule has 2 fully saturated rings. The molecule has 28 heavy (non-hydrogen) atoms. The van der Waals surface area contributed by atoms with Gasteiger partial charge in [0.25, 0.3) is 5.91 Å². The number of fused-ring (bicyclic) bond motifs is 1. The monoisotopic (exact) mass is 379 g/mol. The molecule has 1 aromatic carbocycles. The normalized spacial score (nSPS) is 23.4. The molecule has 2 aromatic rings. The van der Waals surface area contributed by atoms with Crippen LogP contribution in [-0.2, 0) is 13.0 Å². The molecular formula is C23H29N3O2. The number of anilines is 1. The molecule has 0 aliphatic carbocycles. The molecule has 5 nitrogen and oxygen atoms in total. The van der Waals surface area contributed by atoms with E-state index >= 15 is 0 Å². The number of hydrogen-bond donors (Lipinski definition) is 1. The summed E-state index contributed by atoms with van der Waals surface area (Å²) in [6.45, 7) is 6.87. The number of nitrogens with zero attached hydrogens (tertiary/aromatic N) is 2. The fourth-order valence-corrected chi connectivity index (χ4v) is 5.25. The first-order valence-electron chi connectivity index (χ1n) is 10.6. The van der Waals surface area contributed by atoms with Crippen molar-refractivity contribution >= 4 is 11.6 Å². The Morgan fingerprint density at radius 2 is 2.04 bits per heavy atom. The van der Waals surface area contributed by atoms with Crippen molar-refractivity contribution in [2.45, 2.75) is 45.2 Å². The second kappa shape index (κ2) is 6.96. The molecule has 148 valence electrons. The van der Waals surface area contributed by atoms with E-state index in [2.05, 4.69) is 41.4 Å². The molecule has 1 aromatic heterocycles. The van der Waals surface area contributed by atoms with Gasteiger partial charge >= 0.3 is 0 Å². The Balaban J connectivity index is 1.31. The van der Waals surface area contributed by atoms with E-state index in [1.165, 1.54) is 17.7 Å². The maximum absolute atomic E-state index is 13.2. The van der Waals surface area contributed by atoms with Crippen LogP contribution in [0, 0.1) is 5.41 Å². The Morgan fingerprint density at radius 1 is 1.21 bits per heavy atom. The molecule has 1 atom stereocenters. The van der Waals surface area contributed by atoms with Gasteiger partial charge in [0, 0.05) is 43.5 Å². The highest BCUT2D eigenvalue weighted by molar-refractivity contribution is 5.93. The van der Waals surface area contributed by atoms with Crippen LogP contribution in [-0.4, -0.2) is 43.0 Å². The summed E-state index contributed by atoms with van der Waals surface area (Å²) in [6, 6.07) is 11.0. The number of piperidine rings is 1. The van der Waals surface area contributed by atoms with E-state index in [1.807, 2.05) is 11.0 Å². The van der Waals surface area contributed by atoms with E-state index in [0.717, 1.165) is 57.5 Å². The number of furan rings is 1. The van der Waals surface area contributed by atoms with Crippen molar-refractivity contribution < 1.29 is 9.21 Å². The van der Waals surface area contributed by atoms with Crippen molar-refractivity contribution in [1.29, 1.82) is 0 Å². The Labute approximate surface area is 166 Å². The lowest BCUT2D eigenvalue weighted by Crippen LogP contribution is -2.44. The maximum Gasteiger partial charge on any atom is 0.289 e. The topological polar surface area (TPSA) is 48.7 Å². The largest absolute Gasteiger partial charge is 0.459 e. The maximum atomic E-state index is 13.2. The zero-order valence-electron chi connectivity index (χ0n) is 16.6. The van der Waals surface area contributed by atoms with Gasteiger partial charge in [0.2, 0.25) is 0 Å². The zero-order valence-corrected chi connectivity index (χ0v) is 16.6. The molecule has 1 unspecified atom stereocenters. The smallest absolute Gasteiger partial charge is 0.289 e. The standard InChI is InChI=1S/C23H29N3O2/c1-17-14-18-4-2-3-5-20(18)26(17)15-19-6-13-28-21(19)22(27)25-11-8-23(9-12-25)7-10-24-16-23/h2-6,13,17,24H,7-12,14-16H2,1H3. The predicted molar refractivity (Wildman–Crippen MR) is 110 cm³/mol. The van der Waals surface area contributed by atoms with Crippen molar-refractivity contribution in [1.82, 2.24) is 10.2 Å². The summed E-state index contributed by atoms with van der Waals surface area (Å²) < 4.78 is 5.70. The zero-order chi connectivity index (χ0) is 19.1. The molecule has 1 N–H and O–H groups in total. The Morgan fingerprint density at radius 3 is 2.82 bits per heavy atom. The Kier molecular flexibility index (Phi) is 4.43. The molecule has 5 rings (SSSR count). The fraction of sp³-hybridized carbons (Fsp3) is 0.522. The number of carbonyl (C=O) groups is 1. The molecular weight excluding hydrogens is 350 g/mol. The van der Waals surface area contributed by atoms with E-state index in [-0.39, 0.29) is 5.91 Å². The van der Waals surface area contributed by atoms with Gasteiger partial charge in [-0.3, -0.25) is 4.79 Å². The second-order valence-corrected chi connectivity index (χ2v) is 8.80. The van der Waals surface area contributed by atoms with Crippen LogP contribution in [0.15, 0.2) is 41.0 Å². The lowest BCUT2D eigenvalue weighted by Gasteiger charge is -2.38. The number of nitrogens with one attached hydrogen (secondary N) is 1. The summed E-state index contributed by atoms with van der Waals surface area (Å²) in [4.78, 5) is 17.6. The molecule has 0 saturated carbocycles. The quantitative estimate of drug-likeness (QED) is 0.887. The molecule has 3 aliphatic rings. The molecule has 4 heterocycles. The summed E-state index contributed by atoms with van der Waals surface area (Å²) in [5.74, 6) is 0.581. The third-order valence-electron chi connectivity index (χ3n) is 7.07. The van der Waals surface area contributed by atoms with E-state index in [9.17, 15) is 4.79 Å². The first kappa shape index (κ1) is 17.8. The minimum atomic E-state index is 0.0564. The number of para-hydroxylation sites is 1. The molecule has 3 aliphatic heterocycles. The van der Waals surface area contributed by atoms with E-state index in [4.69, 9.17) is 4.42 Å². The number of rotatable bonds is 3. The van der Waals surface area contributed by atoms with Crippen molar-refractivity contribution in [3.63, 3.8) is 0 Å². The van der Waals surface area contributed by atoms with Crippen LogP contribution < -0.4 is 10.2 Å². The van der Waals surface area contributed by atoms with Crippen LogP contribution >= 0.6 is 0 Å². The van der Waals surface area contributed by atoms with Crippen molar-refractivity contribution in [2.24, 2.45) is 5.41 Å². The number of carbonyl (C=O) groups excluding carboxylic acids is 1. The van der Waals surface area contributed by atoms with Crippen LogP contribution in [0.4, 0.5) is 5.69 Å². The molecule has 2 saturated heterocycles. The third kappa shape index (κ3) is 3.02. The molecule has 1 spiro atoms. The highest BCUT2D eigenvalue weighted by atomic mass is 16.3. The van der Waals surface area contributed by atoms with Crippen molar-refractivity contribution in [2.75, 3.05) is 31.1 Å². The van der Waals surface area contributed by atoms with Crippen molar-refractivity contribution in [3.05, 3.63) is 53.5 Å². The molecule has 0 radical (unpaired) electrons. The van der Waals surface area contributed by atoms with E-state index in [1.54, 1.807) is 6.26 Å². The van der Waals surface area contributed by atoms with Crippen LogP contribution in [0.2, 0.25) is 0 Å². The molecule has 5 heteroatoms. The van der Waals surface area contributed by atoms with Gasteiger partial charge in [-0.1, -0.05) is 18.2 Å². The van der Waals surface area contributed by atoms with Gasteiger partial charge in [-0.2, -0.15) is 0 Å². The summed E-state index contributed by atoms with van der Waals surface area (Å²) in [5.41, 5.74) is 4.08. The number of benzene rings is 1. The SMILES string of the molecule is CC1Cc2ccccc2N1Cc1ccoc1C(=O)N1CCC2(CCNC2)CC1. The summed E-state index contributed by atoms with van der Waals surface area (Å²) in [6.07, 6.45) is 6.16. The minimum absolute atomic E-state index is 0.0564. The summed E-state index contributed by atoms with van der Waals surface area (Å²) in [7, 11) is 0. The fourth-order valence-electron chi connectivity index (χ4n) is 5.25. The van der Waals surface area contributed by atoms with Gasteiger partial charge in [-0.25, -0.2) is 0 Å². The summed E-state index contributed by atoms with van der Waals surface area (Å²) in [5, 5.41) is 3.49. The number of likely N-dealkylation sites (tertiary alicyclic amines) is 1. The van der Waals surface area contributed by atoms with Crippen molar-refractivity contribution in [3.8, 4) is 0 Å². The first-order valence-corrected chi connectivity index (χ1v) is 10.6. The van der Waals surface area contributed by atoms with Crippen LogP contribution in [0.1, 0.15) is 47.9 Å². The molecule has 0 bridgehead atoms. The Bertz CT molecular complexity index is 858. The van der Waals surface area contributed by atoms with Gasteiger partial charge in [-0.05, 0) is 62.3 Å². The third-order valence-corrected chi connectivity index (χ3v) is 7.07. The lowest BCUT2D eigenvalue weighted by molar-refractivity contribution is 0.0575. The molecule has 1 amide bonds. The van der Waals surface area contributed by atoms with Gasteiger partial charge in [0.15, 0.2) is 5.76 Å². The second-order valence-electron chi connectivity index (χ2n) is 8.80. The van der Waals surface area contributed by atoms with E-state index < -0.39 is 0 Å². The van der Waals surface area contributed by atoms with Gasteiger partial charge in [0.05, 0.1) is 6.26 Å². The predicted octanol–water partition coefficient (Wildman–Crippen LogP) is 3.45. The average Bonchev–Trinajstić information content (AvgIpc) is 3.43. The average molecular weight is 380 g/mol. The highest BCUT2D eigenvalue weighted by Gasteiger charge is 2.39. The van der Waals surface area contributed by atoms with Gasteiger partial charge in [-0.15, -0.1) is 0 Å². The highest BCUT2D eigenvalue weighted by Crippen LogP contribution is 2.38. The number of hydrogen-bond acceptors (Lipinski definition) is 4. The van der Waals surface area contributed by atoms with Crippen LogP contribution in [0.3, 0.4) is 0 Å². The first-order chi connectivity index (χ1) is 13.7. The van der Waals surface area contributed by atoms with E-state index in [0.29, 0.717) is 17.2 Å². The van der Waals surface area contributed by atoms with Crippen LogP contribution in [0.25, 0.3) is 0 Å². The minimum Gasteiger partial charge on any atom is -0.459 e. The number of amides is 1. The van der Waals surface area contributed by atoms with Gasteiger partial charge in [0.1, 0.15) is 0 Å². The lowest BCUT2D eigenvalue weighted by atomic mass is 9.78.